The van der Waals surface area contributed by atoms with E-state index in [-0.39, 0.29) is 0 Å². The molecule has 0 unspecified atom stereocenters. The minimum Gasteiger partial charge on any atom is -0.339 e. The minimum atomic E-state index is -3.56. The van der Waals surface area contributed by atoms with Gasteiger partial charge < -0.3 is 4.90 Å². The monoisotopic (exact) mass is 404 g/mol. The summed E-state index contributed by atoms with van der Waals surface area (Å²) in [7, 11) is -3.56. The molecular weight excluding hydrogens is 372 g/mol. The second kappa shape index (κ2) is 7.67. The molecule has 2 aliphatic heterocycles. The van der Waals surface area contributed by atoms with Gasteiger partial charge in [-0.15, -0.1) is 0 Å². The largest absolute Gasteiger partial charge is 0.339 e. The number of hydrogen-bond donors (Lipinski definition) is 0. The molecule has 0 bridgehead atoms. The van der Waals surface area contributed by atoms with E-state index in [4.69, 9.17) is 0 Å². The van der Waals surface area contributed by atoms with Crippen molar-refractivity contribution in [2.75, 3.05) is 39.3 Å². The maximum atomic E-state index is 13.2. The Balaban J connectivity index is 1.44. The molecule has 0 radical (unpaired) electrons. The van der Waals surface area contributed by atoms with E-state index in [0.717, 1.165) is 43.7 Å². The molecule has 0 aromatic heterocycles. The minimum absolute atomic E-state index is 0.355. The zero-order valence-corrected chi connectivity index (χ0v) is 18.0. The lowest BCUT2D eigenvalue weighted by Gasteiger charge is -2.46. The van der Waals surface area contributed by atoms with Gasteiger partial charge in [-0.1, -0.05) is 32.9 Å². The Kier molecular flexibility index (Phi) is 5.40. The molecule has 0 atom stereocenters. The number of rotatable bonds is 4. The van der Waals surface area contributed by atoms with Crippen LogP contribution in [0.4, 0.5) is 0 Å². The van der Waals surface area contributed by atoms with E-state index in [1.54, 1.807) is 12.1 Å². The molecular formula is C21H32N4O2S. The van der Waals surface area contributed by atoms with Gasteiger partial charge in [0.25, 0.3) is 10.0 Å². The Bertz CT molecular complexity index is 820. The van der Waals surface area contributed by atoms with Crippen LogP contribution in [-0.4, -0.2) is 73.8 Å². The van der Waals surface area contributed by atoms with Crippen molar-refractivity contribution in [1.82, 2.24) is 14.1 Å². The average molecular weight is 405 g/mol. The number of piperazine rings is 1. The van der Waals surface area contributed by atoms with E-state index in [1.165, 1.54) is 17.1 Å². The molecule has 4 rings (SSSR count). The summed E-state index contributed by atoms with van der Waals surface area (Å²) in [6, 6.07) is 8.03. The topological polar surface area (TPSA) is 56.2 Å². The number of sulfonamides is 1. The lowest BCUT2D eigenvalue weighted by molar-refractivity contribution is 0.0541. The van der Waals surface area contributed by atoms with Crippen molar-refractivity contribution >= 4 is 16.0 Å². The van der Waals surface area contributed by atoms with Gasteiger partial charge in [-0.25, -0.2) is 12.7 Å². The van der Waals surface area contributed by atoms with Crippen molar-refractivity contribution < 1.29 is 8.42 Å². The number of benzene rings is 1. The molecule has 1 aliphatic carbocycles. The summed E-state index contributed by atoms with van der Waals surface area (Å²) in [4.78, 5) is 9.64. The SMILES string of the molecule is CC1CC(N2CCN(C3=NCCN3S(=O)(=O)c3ccc(C(C)C)cc3)CC2)C1. The fraction of sp³-hybridized carbons (Fsp3) is 0.667. The van der Waals surface area contributed by atoms with Gasteiger partial charge in [0.05, 0.1) is 18.0 Å². The molecule has 7 heteroatoms. The van der Waals surface area contributed by atoms with Crippen LogP contribution in [0.5, 0.6) is 0 Å². The Morgan fingerprint density at radius 2 is 1.64 bits per heavy atom. The lowest BCUT2D eigenvalue weighted by atomic mass is 9.80. The number of nitrogens with zero attached hydrogens (tertiary/aromatic N) is 4. The molecule has 0 amide bonds. The predicted molar refractivity (Wildman–Crippen MR) is 112 cm³/mol. The number of guanidine groups is 1. The maximum Gasteiger partial charge on any atom is 0.266 e. The summed E-state index contributed by atoms with van der Waals surface area (Å²) in [5, 5.41) is 0. The van der Waals surface area contributed by atoms with Gasteiger partial charge in [0.2, 0.25) is 5.96 Å². The van der Waals surface area contributed by atoms with Gasteiger partial charge in [-0.3, -0.25) is 9.89 Å². The lowest BCUT2D eigenvalue weighted by Crippen LogP contribution is -2.57. The highest BCUT2D eigenvalue weighted by molar-refractivity contribution is 7.89. The highest BCUT2D eigenvalue weighted by Crippen LogP contribution is 2.32. The highest BCUT2D eigenvalue weighted by atomic mass is 32.2. The third-order valence-electron chi connectivity index (χ3n) is 6.38. The van der Waals surface area contributed by atoms with Crippen molar-refractivity contribution in [2.45, 2.75) is 50.5 Å². The van der Waals surface area contributed by atoms with Crippen LogP contribution < -0.4 is 0 Å². The summed E-state index contributed by atoms with van der Waals surface area (Å²) in [6.45, 7) is 11.2. The van der Waals surface area contributed by atoms with E-state index < -0.39 is 10.0 Å². The Labute approximate surface area is 169 Å². The van der Waals surface area contributed by atoms with Gasteiger partial charge in [-0.05, 0) is 42.4 Å². The summed E-state index contributed by atoms with van der Waals surface area (Å²) < 4.78 is 28.0. The maximum absolute atomic E-state index is 13.2. The van der Waals surface area contributed by atoms with E-state index in [9.17, 15) is 8.42 Å². The standard InChI is InChI=1S/C21H32N4O2S/c1-16(2)18-4-6-20(7-5-18)28(26,27)25-9-8-22-21(25)24-12-10-23(11-13-24)19-14-17(3)15-19/h4-7,16-17,19H,8-15H2,1-3H3. The number of aliphatic imine (C=N–C) groups is 1. The van der Waals surface area contributed by atoms with Gasteiger partial charge in [0, 0.05) is 32.2 Å². The molecule has 1 aromatic carbocycles. The molecule has 28 heavy (non-hydrogen) atoms. The third kappa shape index (κ3) is 3.66. The van der Waals surface area contributed by atoms with Crippen molar-refractivity contribution in [1.29, 1.82) is 0 Å². The predicted octanol–water partition coefficient (Wildman–Crippen LogP) is 2.59. The summed E-state index contributed by atoms with van der Waals surface area (Å²) in [5.41, 5.74) is 1.15. The quantitative estimate of drug-likeness (QED) is 0.774. The van der Waals surface area contributed by atoms with Crippen LogP contribution in [0.15, 0.2) is 34.2 Å². The van der Waals surface area contributed by atoms with Crippen LogP contribution in [0.25, 0.3) is 0 Å². The summed E-state index contributed by atoms with van der Waals surface area (Å²) in [5.74, 6) is 1.87. The summed E-state index contributed by atoms with van der Waals surface area (Å²) in [6.07, 6.45) is 2.60. The van der Waals surface area contributed by atoms with Gasteiger partial charge in [0.1, 0.15) is 0 Å². The molecule has 1 saturated heterocycles. The third-order valence-corrected chi connectivity index (χ3v) is 8.17. The Morgan fingerprint density at radius 1 is 1.00 bits per heavy atom. The molecule has 154 valence electrons. The van der Waals surface area contributed by atoms with E-state index in [0.29, 0.717) is 29.9 Å². The summed E-state index contributed by atoms with van der Waals surface area (Å²) >= 11 is 0. The Hall–Kier alpha value is -1.60. The first-order valence-corrected chi connectivity index (χ1v) is 12.0. The highest BCUT2D eigenvalue weighted by Gasteiger charge is 2.37. The van der Waals surface area contributed by atoms with Crippen LogP contribution >= 0.6 is 0 Å². The zero-order chi connectivity index (χ0) is 19.9. The molecule has 1 aromatic rings. The van der Waals surface area contributed by atoms with Crippen molar-refractivity contribution in [3.8, 4) is 0 Å². The van der Waals surface area contributed by atoms with E-state index in [1.807, 2.05) is 12.1 Å². The van der Waals surface area contributed by atoms with Crippen LogP contribution in [0.3, 0.4) is 0 Å². The normalized spacial score (nSPS) is 26.5. The van der Waals surface area contributed by atoms with Gasteiger partial charge >= 0.3 is 0 Å². The Morgan fingerprint density at radius 3 is 2.21 bits per heavy atom. The van der Waals surface area contributed by atoms with E-state index in [2.05, 4.69) is 35.6 Å². The first kappa shape index (κ1) is 19.7. The van der Waals surface area contributed by atoms with Gasteiger partial charge in [0.15, 0.2) is 0 Å². The average Bonchev–Trinajstić information content (AvgIpc) is 3.16. The molecule has 1 saturated carbocycles. The van der Waals surface area contributed by atoms with Crippen molar-refractivity contribution in [2.24, 2.45) is 10.9 Å². The van der Waals surface area contributed by atoms with Crippen LogP contribution in [0.2, 0.25) is 0 Å². The smallest absolute Gasteiger partial charge is 0.266 e. The van der Waals surface area contributed by atoms with E-state index >= 15 is 0 Å². The van der Waals surface area contributed by atoms with Gasteiger partial charge in [-0.2, -0.15) is 0 Å². The van der Waals surface area contributed by atoms with Crippen LogP contribution in [-0.2, 0) is 10.0 Å². The fourth-order valence-corrected chi connectivity index (χ4v) is 5.95. The zero-order valence-electron chi connectivity index (χ0n) is 17.2. The first-order valence-electron chi connectivity index (χ1n) is 10.5. The molecule has 0 N–H and O–H groups in total. The second-order valence-electron chi connectivity index (χ2n) is 8.74. The van der Waals surface area contributed by atoms with Crippen molar-refractivity contribution in [3.05, 3.63) is 29.8 Å². The molecule has 6 nitrogen and oxygen atoms in total. The molecule has 2 heterocycles. The van der Waals surface area contributed by atoms with Crippen molar-refractivity contribution in [3.63, 3.8) is 0 Å². The van der Waals surface area contributed by atoms with Crippen LogP contribution in [0.1, 0.15) is 45.1 Å². The molecule has 0 spiro atoms. The fourth-order valence-electron chi connectivity index (χ4n) is 4.50. The first-order chi connectivity index (χ1) is 13.4. The number of hydrogen-bond acceptors (Lipinski definition) is 5. The second-order valence-corrected chi connectivity index (χ2v) is 10.6. The molecule has 2 fully saturated rings. The van der Waals surface area contributed by atoms with Crippen LogP contribution in [0, 0.1) is 5.92 Å². The molecule has 3 aliphatic rings.